The predicted octanol–water partition coefficient (Wildman–Crippen LogP) is 1.97. The lowest BCUT2D eigenvalue weighted by Crippen LogP contribution is -2.17. The van der Waals surface area contributed by atoms with Crippen LogP contribution in [0.4, 0.5) is 11.4 Å². The van der Waals surface area contributed by atoms with Gasteiger partial charge in [0.2, 0.25) is 0 Å². The van der Waals surface area contributed by atoms with E-state index >= 15 is 0 Å². The van der Waals surface area contributed by atoms with Crippen LogP contribution in [0, 0.1) is 10.1 Å². The minimum absolute atomic E-state index is 0.103. The number of nitrogens with zero attached hydrogens (tertiary/aromatic N) is 2. The van der Waals surface area contributed by atoms with Crippen LogP contribution in [0.5, 0.6) is 0 Å². The van der Waals surface area contributed by atoms with E-state index in [-0.39, 0.29) is 22.6 Å². The van der Waals surface area contributed by atoms with Gasteiger partial charge in [0, 0.05) is 13.1 Å². The fourth-order valence-electron chi connectivity index (χ4n) is 1.94. The zero-order valence-corrected chi connectivity index (χ0v) is 11.9. The molecule has 2 aromatic rings. The van der Waals surface area contributed by atoms with Crippen LogP contribution in [0.3, 0.4) is 0 Å². The lowest BCUT2D eigenvalue weighted by Gasteiger charge is -2.09. The van der Waals surface area contributed by atoms with Crippen molar-refractivity contribution < 1.29 is 19.2 Å². The molecule has 0 spiro atoms. The van der Waals surface area contributed by atoms with Gasteiger partial charge in [-0.25, -0.2) is 4.79 Å². The van der Waals surface area contributed by atoms with E-state index in [4.69, 9.17) is 0 Å². The number of nitro groups is 1. The minimum Gasteiger partial charge on any atom is -0.465 e. The molecule has 0 aliphatic rings. The molecular formula is C14H13N3O5. The number of para-hydroxylation sites is 1. The van der Waals surface area contributed by atoms with Crippen molar-refractivity contribution in [1.29, 1.82) is 0 Å². The number of nitrogens with one attached hydrogen (secondary N) is 1. The van der Waals surface area contributed by atoms with E-state index in [0.717, 1.165) is 6.07 Å². The van der Waals surface area contributed by atoms with Gasteiger partial charge in [-0.15, -0.1) is 0 Å². The van der Waals surface area contributed by atoms with E-state index in [1.807, 2.05) is 0 Å². The first-order chi connectivity index (χ1) is 10.4. The van der Waals surface area contributed by atoms with E-state index in [9.17, 15) is 19.7 Å². The Morgan fingerprint density at radius 1 is 1.32 bits per heavy atom. The van der Waals surface area contributed by atoms with Gasteiger partial charge >= 0.3 is 5.97 Å². The van der Waals surface area contributed by atoms with E-state index in [1.54, 1.807) is 18.2 Å². The third-order valence-corrected chi connectivity index (χ3v) is 3.01. The van der Waals surface area contributed by atoms with Crippen LogP contribution in [0.15, 0.2) is 36.5 Å². The van der Waals surface area contributed by atoms with Crippen molar-refractivity contribution in [3.63, 3.8) is 0 Å². The first-order valence-electron chi connectivity index (χ1n) is 6.23. The molecule has 0 unspecified atom stereocenters. The normalized spacial score (nSPS) is 10.1. The van der Waals surface area contributed by atoms with Gasteiger partial charge in [-0.2, -0.15) is 0 Å². The third-order valence-electron chi connectivity index (χ3n) is 3.01. The Labute approximate surface area is 125 Å². The quantitative estimate of drug-likeness (QED) is 0.528. The van der Waals surface area contributed by atoms with E-state index < -0.39 is 16.8 Å². The molecule has 1 N–H and O–H groups in total. The summed E-state index contributed by atoms with van der Waals surface area (Å²) in [5.41, 5.74) is 0.380. The number of aromatic nitrogens is 1. The van der Waals surface area contributed by atoms with E-state index in [1.165, 1.54) is 31.0 Å². The summed E-state index contributed by atoms with van der Waals surface area (Å²) in [6.07, 6.45) is 1.24. The summed E-state index contributed by atoms with van der Waals surface area (Å²) in [5, 5.41) is 13.3. The van der Waals surface area contributed by atoms with Crippen molar-refractivity contribution in [2.24, 2.45) is 7.05 Å². The zero-order valence-electron chi connectivity index (χ0n) is 11.9. The molecule has 0 saturated carbocycles. The average molecular weight is 303 g/mol. The number of benzene rings is 1. The van der Waals surface area contributed by atoms with Crippen molar-refractivity contribution in [3.05, 3.63) is 57.9 Å². The number of ether oxygens (including phenoxy) is 1. The molecule has 0 bridgehead atoms. The third kappa shape index (κ3) is 2.95. The number of aryl methyl sites for hydroxylation is 1. The Morgan fingerprint density at radius 3 is 2.59 bits per heavy atom. The molecule has 0 fully saturated rings. The van der Waals surface area contributed by atoms with Crippen molar-refractivity contribution in [2.75, 3.05) is 12.4 Å². The number of rotatable bonds is 4. The first-order valence-corrected chi connectivity index (χ1v) is 6.23. The highest BCUT2D eigenvalue weighted by Gasteiger charge is 2.19. The SMILES string of the molecule is COC(=O)c1ccccc1NC(=O)c1cc([N+](=O)[O-])cn1C. The lowest BCUT2D eigenvalue weighted by molar-refractivity contribution is -0.384. The Hall–Kier alpha value is -3.16. The van der Waals surface area contributed by atoms with Crippen LogP contribution in [-0.2, 0) is 11.8 Å². The fourth-order valence-corrected chi connectivity index (χ4v) is 1.94. The lowest BCUT2D eigenvalue weighted by atomic mass is 10.1. The van der Waals surface area contributed by atoms with Crippen LogP contribution in [-0.4, -0.2) is 28.5 Å². The van der Waals surface area contributed by atoms with Crippen LogP contribution in [0.25, 0.3) is 0 Å². The molecule has 8 heteroatoms. The van der Waals surface area contributed by atoms with Crippen molar-refractivity contribution in [1.82, 2.24) is 4.57 Å². The number of amides is 1. The van der Waals surface area contributed by atoms with Gasteiger partial charge in [-0.3, -0.25) is 14.9 Å². The molecule has 0 atom stereocenters. The number of anilines is 1. The summed E-state index contributed by atoms with van der Waals surface area (Å²) in [6.45, 7) is 0. The summed E-state index contributed by atoms with van der Waals surface area (Å²) >= 11 is 0. The maximum absolute atomic E-state index is 12.2. The molecule has 8 nitrogen and oxygen atoms in total. The summed E-state index contributed by atoms with van der Waals surface area (Å²) in [6, 6.07) is 7.50. The second kappa shape index (κ2) is 6.08. The number of carbonyl (C=O) groups is 2. The van der Waals surface area contributed by atoms with Crippen LogP contribution in [0.2, 0.25) is 0 Å². The van der Waals surface area contributed by atoms with Crippen LogP contribution >= 0.6 is 0 Å². The Morgan fingerprint density at radius 2 is 2.00 bits per heavy atom. The second-order valence-electron chi connectivity index (χ2n) is 4.44. The highest BCUT2D eigenvalue weighted by molar-refractivity contribution is 6.07. The minimum atomic E-state index is -0.589. The van der Waals surface area contributed by atoms with Gasteiger partial charge in [-0.05, 0) is 12.1 Å². The molecule has 0 radical (unpaired) electrons. The number of methoxy groups -OCH3 is 1. The Kier molecular flexibility index (Phi) is 4.21. The average Bonchev–Trinajstić information content (AvgIpc) is 2.89. The van der Waals surface area contributed by atoms with Crippen molar-refractivity contribution in [3.8, 4) is 0 Å². The van der Waals surface area contributed by atoms with Crippen molar-refractivity contribution >= 4 is 23.3 Å². The Balaban J connectivity index is 2.30. The topological polar surface area (TPSA) is 103 Å². The number of hydrogen-bond donors (Lipinski definition) is 1. The van der Waals surface area contributed by atoms with Gasteiger partial charge in [0.05, 0.1) is 29.5 Å². The number of carbonyl (C=O) groups excluding carboxylic acids is 2. The van der Waals surface area contributed by atoms with Crippen LogP contribution < -0.4 is 5.32 Å². The van der Waals surface area contributed by atoms with Gasteiger partial charge in [-0.1, -0.05) is 12.1 Å². The highest BCUT2D eigenvalue weighted by atomic mass is 16.6. The van der Waals surface area contributed by atoms with Crippen molar-refractivity contribution in [2.45, 2.75) is 0 Å². The standard InChI is InChI=1S/C14H13N3O5/c1-16-8-9(17(20)21)7-12(16)13(18)15-11-6-4-3-5-10(11)14(19)22-2/h3-8H,1-2H3,(H,15,18). The molecule has 114 valence electrons. The molecule has 1 aromatic heterocycles. The number of hydrogen-bond acceptors (Lipinski definition) is 5. The first kappa shape index (κ1) is 15.2. The van der Waals surface area contributed by atoms with Crippen LogP contribution in [0.1, 0.15) is 20.8 Å². The molecule has 0 aliphatic carbocycles. The summed E-state index contributed by atoms with van der Waals surface area (Å²) in [4.78, 5) is 34.0. The van der Waals surface area contributed by atoms with Gasteiger partial charge in [0.25, 0.3) is 11.6 Å². The van der Waals surface area contributed by atoms with E-state index in [0.29, 0.717) is 0 Å². The zero-order chi connectivity index (χ0) is 16.3. The molecule has 22 heavy (non-hydrogen) atoms. The largest absolute Gasteiger partial charge is 0.465 e. The molecule has 2 rings (SSSR count). The van der Waals surface area contributed by atoms with Gasteiger partial charge in [0.15, 0.2) is 0 Å². The fraction of sp³-hybridized carbons (Fsp3) is 0.143. The number of esters is 1. The summed E-state index contributed by atoms with van der Waals surface area (Å²) in [5.74, 6) is -1.15. The summed E-state index contributed by atoms with van der Waals surface area (Å²) < 4.78 is 5.98. The second-order valence-corrected chi connectivity index (χ2v) is 4.44. The molecule has 0 saturated heterocycles. The molecular weight excluding hydrogens is 290 g/mol. The molecule has 0 aliphatic heterocycles. The van der Waals surface area contributed by atoms with E-state index in [2.05, 4.69) is 10.1 Å². The Bertz CT molecular complexity index is 751. The highest BCUT2D eigenvalue weighted by Crippen LogP contribution is 2.19. The smallest absolute Gasteiger partial charge is 0.339 e. The molecule has 1 aromatic carbocycles. The van der Waals surface area contributed by atoms with Gasteiger partial charge in [0.1, 0.15) is 5.69 Å². The van der Waals surface area contributed by atoms with Gasteiger partial charge < -0.3 is 14.6 Å². The predicted molar refractivity (Wildman–Crippen MR) is 77.8 cm³/mol. The summed E-state index contributed by atoms with van der Waals surface area (Å²) in [7, 11) is 2.76. The maximum atomic E-state index is 12.2. The molecule has 1 heterocycles. The maximum Gasteiger partial charge on any atom is 0.339 e. The monoisotopic (exact) mass is 303 g/mol. The molecule has 1 amide bonds.